The largest absolute Gasteiger partial charge is 0.500 e. The smallest absolute Gasteiger partial charge is 0.460 e. The van der Waals surface area contributed by atoms with Crippen molar-refractivity contribution in [3.63, 3.8) is 0 Å². The molecule has 0 aromatic heterocycles. The van der Waals surface area contributed by atoms with Gasteiger partial charge in [0.1, 0.15) is 0 Å². The van der Waals surface area contributed by atoms with Crippen LogP contribution in [0.3, 0.4) is 0 Å². The minimum absolute atomic E-state index is 0.702. The molecule has 0 saturated heterocycles. The molecule has 10 heavy (non-hydrogen) atoms. The van der Waals surface area contributed by atoms with Gasteiger partial charge in [0.05, 0.1) is 0 Å². The minimum atomic E-state index is -0.748. The predicted molar refractivity (Wildman–Crippen MR) is 47.5 cm³/mol. The van der Waals surface area contributed by atoms with Crippen LogP contribution in [0.2, 0.25) is 10.6 Å². The zero-order chi connectivity index (χ0) is 7.98. The molecular formula is C8H19AlO. The summed E-state index contributed by atoms with van der Waals surface area (Å²) in [6.07, 6.45) is 0. The molecule has 0 N–H and O–H groups in total. The van der Waals surface area contributed by atoms with E-state index in [0.717, 1.165) is 6.61 Å². The van der Waals surface area contributed by atoms with Crippen molar-refractivity contribution in [1.29, 1.82) is 0 Å². The third-order valence-electron chi connectivity index (χ3n) is 1.58. The lowest BCUT2D eigenvalue weighted by Gasteiger charge is -2.11. The zero-order valence-electron chi connectivity index (χ0n) is 7.68. The molecule has 0 saturated carbocycles. The molecular weight excluding hydrogens is 139 g/mol. The summed E-state index contributed by atoms with van der Waals surface area (Å²) >= 11 is -0.748. The molecule has 0 radical (unpaired) electrons. The number of hydrogen-bond donors (Lipinski definition) is 0. The molecule has 60 valence electrons. The first-order chi connectivity index (χ1) is 4.70. The molecule has 0 aromatic carbocycles. The second-order valence-electron chi connectivity index (χ2n) is 3.17. The van der Waals surface area contributed by atoms with Gasteiger partial charge in [-0.25, -0.2) is 0 Å². The summed E-state index contributed by atoms with van der Waals surface area (Å²) in [5.41, 5.74) is 0. The summed E-state index contributed by atoms with van der Waals surface area (Å²) in [6.45, 7) is 9.85. The highest BCUT2D eigenvalue weighted by molar-refractivity contribution is 6.51. The van der Waals surface area contributed by atoms with Crippen molar-refractivity contribution in [3.8, 4) is 0 Å². The molecule has 0 bridgehead atoms. The molecule has 0 aromatic rings. The molecule has 0 fully saturated rings. The lowest BCUT2D eigenvalue weighted by molar-refractivity contribution is 0.271. The van der Waals surface area contributed by atoms with Crippen LogP contribution in [0.1, 0.15) is 27.7 Å². The molecule has 0 aliphatic rings. The second kappa shape index (κ2) is 6.22. The van der Waals surface area contributed by atoms with Crippen LogP contribution in [-0.2, 0) is 3.79 Å². The van der Waals surface area contributed by atoms with Gasteiger partial charge >= 0.3 is 14.5 Å². The maximum Gasteiger partial charge on any atom is 0.460 e. The highest BCUT2D eigenvalue weighted by Crippen LogP contribution is 2.02. The summed E-state index contributed by atoms with van der Waals surface area (Å²) < 4.78 is 5.74. The van der Waals surface area contributed by atoms with E-state index in [1.165, 1.54) is 10.6 Å². The summed E-state index contributed by atoms with van der Waals surface area (Å²) in [6, 6.07) is 0. The van der Waals surface area contributed by atoms with E-state index in [0.29, 0.717) is 5.92 Å². The fourth-order valence-electron chi connectivity index (χ4n) is 0.853. The van der Waals surface area contributed by atoms with Gasteiger partial charge < -0.3 is 3.79 Å². The molecule has 1 nitrogen and oxygen atoms in total. The van der Waals surface area contributed by atoms with Gasteiger partial charge in [0.2, 0.25) is 0 Å². The maximum absolute atomic E-state index is 5.74. The summed E-state index contributed by atoms with van der Waals surface area (Å²) in [5.74, 6) is 0.702. The second-order valence-corrected chi connectivity index (χ2v) is 6.38. The van der Waals surface area contributed by atoms with E-state index in [1.807, 2.05) is 0 Å². The first-order valence-corrected chi connectivity index (χ1v) is 6.42. The molecule has 0 amide bonds. The molecule has 0 spiro atoms. The van der Waals surface area contributed by atoms with Crippen molar-refractivity contribution in [2.24, 2.45) is 5.92 Å². The van der Waals surface area contributed by atoms with Crippen LogP contribution in [0.25, 0.3) is 0 Å². The van der Waals surface area contributed by atoms with E-state index in [2.05, 4.69) is 27.7 Å². The van der Waals surface area contributed by atoms with Crippen molar-refractivity contribution >= 4 is 14.5 Å². The average Bonchev–Trinajstić information content (AvgIpc) is 1.90. The number of rotatable bonds is 5. The molecule has 0 heterocycles. The van der Waals surface area contributed by atoms with Gasteiger partial charge in [0, 0.05) is 6.61 Å². The van der Waals surface area contributed by atoms with Gasteiger partial charge in [-0.2, -0.15) is 0 Å². The minimum Gasteiger partial charge on any atom is -0.500 e. The van der Waals surface area contributed by atoms with Crippen LogP contribution < -0.4 is 0 Å². The van der Waals surface area contributed by atoms with Crippen LogP contribution in [0.4, 0.5) is 0 Å². The standard InChI is InChI=1S/C4H9O.2C2H5.Al/c1-4(2)3-5;2*1-2;/h4H,3H2,1-2H3;2*1H2,2H3;/q-1;;;+1. The Hall–Kier alpha value is 0.492. The van der Waals surface area contributed by atoms with Gasteiger partial charge in [0.25, 0.3) is 0 Å². The highest BCUT2D eigenvalue weighted by atomic mass is 27.2. The van der Waals surface area contributed by atoms with E-state index in [4.69, 9.17) is 3.79 Å². The normalized spacial score (nSPS) is 10.5. The molecule has 0 unspecified atom stereocenters. The van der Waals surface area contributed by atoms with E-state index in [-0.39, 0.29) is 0 Å². The Labute approximate surface area is 69.5 Å². The van der Waals surface area contributed by atoms with Crippen molar-refractivity contribution in [3.05, 3.63) is 0 Å². The van der Waals surface area contributed by atoms with Crippen molar-refractivity contribution in [2.75, 3.05) is 6.61 Å². The third-order valence-corrected chi connectivity index (χ3v) is 4.06. The van der Waals surface area contributed by atoms with E-state index < -0.39 is 14.5 Å². The van der Waals surface area contributed by atoms with E-state index >= 15 is 0 Å². The van der Waals surface area contributed by atoms with Gasteiger partial charge in [-0.15, -0.1) is 0 Å². The van der Waals surface area contributed by atoms with Gasteiger partial charge in [-0.1, -0.05) is 38.3 Å². The Bertz CT molecular complexity index is 69.7. The van der Waals surface area contributed by atoms with Crippen LogP contribution in [0, 0.1) is 5.92 Å². The summed E-state index contributed by atoms with van der Waals surface area (Å²) in [7, 11) is 0. The molecule has 0 aliphatic carbocycles. The van der Waals surface area contributed by atoms with Gasteiger partial charge in [0.15, 0.2) is 0 Å². The molecule has 0 aliphatic heterocycles. The molecule has 2 heteroatoms. The van der Waals surface area contributed by atoms with Crippen molar-refractivity contribution in [2.45, 2.75) is 38.3 Å². The highest BCUT2D eigenvalue weighted by Gasteiger charge is 2.14. The summed E-state index contributed by atoms with van der Waals surface area (Å²) in [5, 5.41) is 2.56. The monoisotopic (exact) mass is 158 g/mol. The Morgan fingerprint density at radius 2 is 1.70 bits per heavy atom. The summed E-state index contributed by atoms with van der Waals surface area (Å²) in [4.78, 5) is 0. The van der Waals surface area contributed by atoms with E-state index in [1.54, 1.807) is 0 Å². The van der Waals surface area contributed by atoms with Crippen molar-refractivity contribution < 1.29 is 3.79 Å². The fourth-order valence-corrected chi connectivity index (χ4v) is 2.56. The first-order valence-electron chi connectivity index (χ1n) is 4.32. The first kappa shape index (κ1) is 10.5. The Morgan fingerprint density at radius 3 is 2.00 bits per heavy atom. The zero-order valence-corrected chi connectivity index (χ0v) is 8.84. The quantitative estimate of drug-likeness (QED) is 0.559. The molecule has 0 atom stereocenters. The maximum atomic E-state index is 5.74. The van der Waals surface area contributed by atoms with Crippen molar-refractivity contribution in [1.82, 2.24) is 0 Å². The SMILES string of the molecule is C[CH2][Al]([CH2]C)[O]CC(C)C. The van der Waals surface area contributed by atoms with Crippen LogP contribution in [-0.4, -0.2) is 21.1 Å². The Morgan fingerprint density at radius 1 is 1.20 bits per heavy atom. The number of hydrogen-bond acceptors (Lipinski definition) is 1. The lowest BCUT2D eigenvalue weighted by Crippen LogP contribution is -2.18. The lowest BCUT2D eigenvalue weighted by atomic mass is 10.2. The van der Waals surface area contributed by atoms with Gasteiger partial charge in [-0.05, 0) is 5.92 Å². The Kier molecular flexibility index (Phi) is 6.52. The van der Waals surface area contributed by atoms with Crippen LogP contribution in [0.15, 0.2) is 0 Å². The molecule has 0 rings (SSSR count). The predicted octanol–water partition coefficient (Wildman–Crippen LogP) is 2.69. The Balaban J connectivity index is 3.26. The van der Waals surface area contributed by atoms with E-state index in [9.17, 15) is 0 Å². The van der Waals surface area contributed by atoms with Crippen LogP contribution in [0.5, 0.6) is 0 Å². The fraction of sp³-hybridized carbons (Fsp3) is 1.00. The third kappa shape index (κ3) is 5.29. The van der Waals surface area contributed by atoms with Gasteiger partial charge in [-0.3, -0.25) is 0 Å². The van der Waals surface area contributed by atoms with Crippen LogP contribution >= 0.6 is 0 Å². The topological polar surface area (TPSA) is 9.23 Å². The average molecular weight is 158 g/mol.